The van der Waals surface area contributed by atoms with Crippen LogP contribution in [0.5, 0.6) is 5.75 Å². The molecule has 1 aromatic heterocycles. The molecule has 0 radical (unpaired) electrons. The molecule has 8 nitrogen and oxygen atoms in total. The van der Waals surface area contributed by atoms with E-state index < -0.39 is 15.9 Å². The van der Waals surface area contributed by atoms with Gasteiger partial charge < -0.3 is 15.5 Å². The van der Waals surface area contributed by atoms with Crippen LogP contribution in [0.3, 0.4) is 0 Å². The number of ether oxygens (including phenoxy) is 1. The summed E-state index contributed by atoms with van der Waals surface area (Å²) in [5.41, 5.74) is 5.17. The molecule has 0 aliphatic heterocycles. The van der Waals surface area contributed by atoms with Crippen molar-refractivity contribution in [1.82, 2.24) is 9.97 Å². The van der Waals surface area contributed by atoms with Crippen LogP contribution in [0.15, 0.2) is 35.5 Å². The maximum Gasteiger partial charge on any atom is 0.264 e. The summed E-state index contributed by atoms with van der Waals surface area (Å²) in [6.07, 6.45) is 2.88. The van der Waals surface area contributed by atoms with E-state index in [2.05, 4.69) is 14.7 Å². The smallest absolute Gasteiger partial charge is 0.264 e. The van der Waals surface area contributed by atoms with Crippen molar-refractivity contribution in [2.75, 3.05) is 11.8 Å². The quantitative estimate of drug-likeness (QED) is 0.732. The summed E-state index contributed by atoms with van der Waals surface area (Å²) in [7, 11) is -2.51. The molecule has 0 bridgehead atoms. The average Bonchev–Trinajstić information content (AvgIpc) is 2.89. The van der Waals surface area contributed by atoms with E-state index in [1.165, 1.54) is 31.6 Å². The molecule has 9 heteroatoms. The molecule has 0 saturated carbocycles. The minimum absolute atomic E-state index is 0.0187. The molecule has 1 amide bonds. The lowest BCUT2D eigenvalue weighted by atomic mass is 10.2. The second-order valence-corrected chi connectivity index (χ2v) is 5.45. The number of amides is 1. The van der Waals surface area contributed by atoms with Crippen molar-refractivity contribution in [3.05, 3.63) is 36.2 Å². The van der Waals surface area contributed by atoms with E-state index in [1.807, 2.05) is 0 Å². The molecular weight excluding hydrogens is 284 g/mol. The number of imidazole rings is 1. The Balaban J connectivity index is 2.42. The van der Waals surface area contributed by atoms with E-state index in [0.29, 0.717) is 0 Å². The lowest BCUT2D eigenvalue weighted by Gasteiger charge is -2.09. The summed E-state index contributed by atoms with van der Waals surface area (Å²) in [5, 5.41) is 0. The number of primary amides is 1. The van der Waals surface area contributed by atoms with Crippen LogP contribution in [0, 0.1) is 0 Å². The lowest BCUT2D eigenvalue weighted by molar-refractivity contribution is 0.0997. The van der Waals surface area contributed by atoms with Gasteiger partial charge in [-0.15, -0.1) is 0 Å². The standard InChI is InChI=1S/C11H12N4O4S/c1-19-9-3-2-7(6-8(9)10(12)16)20(17,18)15-11-13-4-5-14-11/h2-6H,1H3,(H2,12,16)(H2,13,14,15). The van der Waals surface area contributed by atoms with Crippen LogP contribution in [0.2, 0.25) is 0 Å². The van der Waals surface area contributed by atoms with Gasteiger partial charge in [0.25, 0.3) is 15.9 Å². The summed E-state index contributed by atoms with van der Waals surface area (Å²) in [5.74, 6) is -0.507. The molecule has 0 atom stereocenters. The molecule has 0 unspecified atom stereocenters. The van der Waals surface area contributed by atoms with Crippen molar-refractivity contribution in [1.29, 1.82) is 0 Å². The van der Waals surface area contributed by atoms with E-state index in [1.54, 1.807) is 0 Å². The number of nitrogens with zero attached hydrogens (tertiary/aromatic N) is 1. The van der Waals surface area contributed by atoms with Crippen LogP contribution in [0.1, 0.15) is 10.4 Å². The topological polar surface area (TPSA) is 127 Å². The van der Waals surface area contributed by atoms with Crippen molar-refractivity contribution in [3.63, 3.8) is 0 Å². The molecule has 0 saturated heterocycles. The Labute approximate surface area is 115 Å². The molecule has 0 spiro atoms. The fraction of sp³-hybridized carbons (Fsp3) is 0.0909. The number of rotatable bonds is 5. The maximum absolute atomic E-state index is 12.1. The Morgan fingerprint density at radius 3 is 2.75 bits per heavy atom. The summed E-state index contributed by atoms with van der Waals surface area (Å²) in [6.45, 7) is 0. The van der Waals surface area contributed by atoms with E-state index >= 15 is 0 Å². The number of methoxy groups -OCH3 is 1. The molecule has 2 aromatic rings. The van der Waals surface area contributed by atoms with Crippen molar-refractivity contribution < 1.29 is 17.9 Å². The Kier molecular flexibility index (Phi) is 3.61. The van der Waals surface area contributed by atoms with Crippen molar-refractivity contribution in [2.45, 2.75) is 4.90 Å². The number of benzene rings is 1. The number of carbonyl (C=O) groups excluding carboxylic acids is 1. The van der Waals surface area contributed by atoms with Gasteiger partial charge in [0.2, 0.25) is 5.95 Å². The zero-order valence-corrected chi connectivity index (χ0v) is 11.3. The first kappa shape index (κ1) is 13.9. The molecule has 0 aliphatic rings. The van der Waals surface area contributed by atoms with E-state index in [0.717, 1.165) is 6.07 Å². The summed E-state index contributed by atoms with van der Waals surface area (Å²) in [6, 6.07) is 3.81. The number of nitrogens with one attached hydrogen (secondary N) is 2. The molecule has 1 heterocycles. The Morgan fingerprint density at radius 1 is 1.45 bits per heavy atom. The predicted molar refractivity (Wildman–Crippen MR) is 70.9 cm³/mol. The van der Waals surface area contributed by atoms with Gasteiger partial charge in [-0.25, -0.2) is 18.1 Å². The Hall–Kier alpha value is -2.55. The number of aromatic amines is 1. The summed E-state index contributed by atoms with van der Waals surface area (Å²) in [4.78, 5) is 17.5. The first-order valence-electron chi connectivity index (χ1n) is 5.44. The van der Waals surface area contributed by atoms with Crippen LogP contribution >= 0.6 is 0 Å². The number of nitrogens with two attached hydrogens (primary N) is 1. The van der Waals surface area contributed by atoms with Crippen molar-refractivity contribution in [3.8, 4) is 5.75 Å². The van der Waals surface area contributed by atoms with E-state index in [-0.39, 0.29) is 22.2 Å². The van der Waals surface area contributed by atoms with Gasteiger partial charge in [-0.1, -0.05) is 0 Å². The zero-order chi connectivity index (χ0) is 14.8. The summed E-state index contributed by atoms with van der Waals surface area (Å²) < 4.78 is 31.4. The Bertz CT molecular complexity index is 725. The van der Waals surface area contributed by atoms with Gasteiger partial charge in [-0.2, -0.15) is 0 Å². The van der Waals surface area contributed by atoms with Gasteiger partial charge in [-0.3, -0.25) is 4.79 Å². The highest BCUT2D eigenvalue weighted by atomic mass is 32.2. The number of hydrogen-bond acceptors (Lipinski definition) is 5. The van der Waals surface area contributed by atoms with Crippen molar-refractivity contribution >= 4 is 21.9 Å². The monoisotopic (exact) mass is 296 g/mol. The maximum atomic E-state index is 12.1. The lowest BCUT2D eigenvalue weighted by Crippen LogP contribution is -2.17. The van der Waals surface area contributed by atoms with Gasteiger partial charge >= 0.3 is 0 Å². The normalized spacial score (nSPS) is 11.1. The van der Waals surface area contributed by atoms with Crippen molar-refractivity contribution in [2.24, 2.45) is 5.73 Å². The molecule has 0 aliphatic carbocycles. The van der Waals surface area contributed by atoms with Gasteiger partial charge in [0, 0.05) is 12.4 Å². The fourth-order valence-corrected chi connectivity index (χ4v) is 2.56. The van der Waals surface area contributed by atoms with E-state index in [9.17, 15) is 13.2 Å². The number of carbonyl (C=O) groups is 1. The average molecular weight is 296 g/mol. The van der Waals surface area contributed by atoms with Crippen LogP contribution in [0.4, 0.5) is 5.95 Å². The molecule has 106 valence electrons. The third kappa shape index (κ3) is 2.72. The minimum atomic E-state index is -3.87. The largest absolute Gasteiger partial charge is 0.496 e. The molecule has 0 fully saturated rings. The Morgan fingerprint density at radius 2 is 2.20 bits per heavy atom. The highest BCUT2D eigenvalue weighted by molar-refractivity contribution is 7.92. The second-order valence-electron chi connectivity index (χ2n) is 3.77. The van der Waals surface area contributed by atoms with Gasteiger partial charge in [-0.05, 0) is 18.2 Å². The SMILES string of the molecule is COc1ccc(S(=O)(=O)Nc2ncc[nH]2)cc1C(N)=O. The number of anilines is 1. The molecule has 2 rings (SSSR count). The third-order valence-electron chi connectivity index (χ3n) is 2.48. The van der Waals surface area contributed by atoms with E-state index in [4.69, 9.17) is 10.5 Å². The molecular formula is C11H12N4O4S. The number of H-pyrrole nitrogens is 1. The second kappa shape index (κ2) is 5.21. The predicted octanol–water partition coefficient (Wildman–Crippen LogP) is 0.318. The first-order chi connectivity index (χ1) is 9.44. The fourth-order valence-electron chi connectivity index (χ4n) is 1.55. The first-order valence-corrected chi connectivity index (χ1v) is 6.92. The minimum Gasteiger partial charge on any atom is -0.496 e. The summed E-state index contributed by atoms with van der Waals surface area (Å²) >= 11 is 0. The van der Waals surface area contributed by atoms with Crippen LogP contribution in [0.25, 0.3) is 0 Å². The highest BCUT2D eigenvalue weighted by Crippen LogP contribution is 2.23. The number of aromatic nitrogens is 2. The molecule has 4 N–H and O–H groups in total. The van der Waals surface area contributed by atoms with Crippen LogP contribution < -0.4 is 15.2 Å². The molecule has 20 heavy (non-hydrogen) atoms. The van der Waals surface area contributed by atoms with Gasteiger partial charge in [0.1, 0.15) is 5.75 Å². The molecule has 1 aromatic carbocycles. The number of hydrogen-bond donors (Lipinski definition) is 3. The third-order valence-corrected chi connectivity index (χ3v) is 3.81. The van der Waals surface area contributed by atoms with Crippen LogP contribution in [-0.4, -0.2) is 31.4 Å². The zero-order valence-electron chi connectivity index (χ0n) is 10.5. The van der Waals surface area contributed by atoms with Gasteiger partial charge in [0.15, 0.2) is 0 Å². The number of sulfonamides is 1. The highest BCUT2D eigenvalue weighted by Gasteiger charge is 2.19. The van der Waals surface area contributed by atoms with Crippen LogP contribution in [-0.2, 0) is 10.0 Å². The van der Waals surface area contributed by atoms with Gasteiger partial charge in [0.05, 0.1) is 17.6 Å².